The third kappa shape index (κ3) is 5.65. The van der Waals surface area contributed by atoms with Crippen LogP contribution in [0.3, 0.4) is 0 Å². The number of carbonyl (C=O) groups excluding carboxylic acids is 1. The first-order valence-electron chi connectivity index (χ1n) is 8.53. The van der Waals surface area contributed by atoms with Crippen LogP contribution in [0.1, 0.15) is 57.0 Å². The van der Waals surface area contributed by atoms with Gasteiger partial charge in [0.25, 0.3) is 0 Å². The SMILES string of the molecule is Cc1cc(C(F)(F)F)cc(C#C[C@@H]2CCCCN2C(=O)OC(C)(C)C)n1. The fourth-order valence-electron chi connectivity index (χ4n) is 2.67. The number of likely N-dealkylation sites (tertiary alicyclic amines) is 1. The lowest BCUT2D eigenvalue weighted by molar-refractivity contribution is -0.137. The van der Waals surface area contributed by atoms with Crippen LogP contribution in [-0.2, 0) is 10.9 Å². The van der Waals surface area contributed by atoms with E-state index in [0.29, 0.717) is 13.0 Å². The largest absolute Gasteiger partial charge is 0.444 e. The molecule has 142 valence electrons. The van der Waals surface area contributed by atoms with Crippen molar-refractivity contribution >= 4 is 6.09 Å². The molecule has 1 aromatic heterocycles. The number of ether oxygens (including phenoxy) is 1. The van der Waals surface area contributed by atoms with Gasteiger partial charge in [0.15, 0.2) is 0 Å². The van der Waals surface area contributed by atoms with Gasteiger partial charge in [0, 0.05) is 12.2 Å². The first-order chi connectivity index (χ1) is 12.0. The monoisotopic (exact) mass is 368 g/mol. The summed E-state index contributed by atoms with van der Waals surface area (Å²) in [4.78, 5) is 17.9. The van der Waals surface area contributed by atoms with Crippen molar-refractivity contribution < 1.29 is 22.7 Å². The molecule has 1 atom stereocenters. The second-order valence-corrected chi connectivity index (χ2v) is 7.33. The van der Waals surface area contributed by atoms with Gasteiger partial charge in [-0.15, -0.1) is 0 Å². The zero-order chi connectivity index (χ0) is 19.5. The molecule has 0 aromatic carbocycles. The molecule has 0 saturated carbocycles. The van der Waals surface area contributed by atoms with E-state index in [-0.39, 0.29) is 11.4 Å². The number of hydrogen-bond donors (Lipinski definition) is 0. The van der Waals surface area contributed by atoms with Crippen LogP contribution in [-0.4, -0.2) is 34.2 Å². The molecule has 0 aliphatic carbocycles. The van der Waals surface area contributed by atoms with E-state index < -0.39 is 29.5 Å². The molecule has 1 fully saturated rings. The molecule has 0 radical (unpaired) electrons. The van der Waals surface area contributed by atoms with Crippen molar-refractivity contribution in [3.8, 4) is 11.8 Å². The number of hydrogen-bond acceptors (Lipinski definition) is 3. The van der Waals surface area contributed by atoms with Gasteiger partial charge in [0.05, 0.1) is 11.6 Å². The number of pyridine rings is 1. The average molecular weight is 368 g/mol. The number of carbonyl (C=O) groups is 1. The zero-order valence-corrected chi connectivity index (χ0v) is 15.4. The van der Waals surface area contributed by atoms with Crippen LogP contribution < -0.4 is 0 Å². The molecule has 7 heteroatoms. The van der Waals surface area contributed by atoms with Crippen LogP contribution in [0.25, 0.3) is 0 Å². The van der Waals surface area contributed by atoms with Gasteiger partial charge in [0.1, 0.15) is 11.3 Å². The highest BCUT2D eigenvalue weighted by Gasteiger charge is 2.31. The fraction of sp³-hybridized carbons (Fsp3) is 0.579. The molecule has 0 unspecified atom stereocenters. The highest BCUT2D eigenvalue weighted by atomic mass is 19.4. The molecule has 1 aliphatic heterocycles. The van der Waals surface area contributed by atoms with E-state index in [0.717, 1.165) is 25.0 Å². The van der Waals surface area contributed by atoms with E-state index in [1.807, 2.05) is 0 Å². The topological polar surface area (TPSA) is 42.4 Å². The quantitative estimate of drug-likeness (QED) is 0.631. The minimum Gasteiger partial charge on any atom is -0.444 e. The Kier molecular flexibility index (Phi) is 5.84. The van der Waals surface area contributed by atoms with Gasteiger partial charge >= 0.3 is 12.3 Å². The van der Waals surface area contributed by atoms with Gasteiger partial charge in [-0.25, -0.2) is 9.78 Å². The number of alkyl halides is 3. The van der Waals surface area contributed by atoms with Crippen molar-refractivity contribution in [1.82, 2.24) is 9.88 Å². The van der Waals surface area contributed by atoms with Gasteiger partial charge in [-0.1, -0.05) is 5.92 Å². The van der Waals surface area contributed by atoms with Crippen molar-refractivity contribution in [2.45, 2.75) is 64.8 Å². The summed E-state index contributed by atoms with van der Waals surface area (Å²) in [5.74, 6) is 5.61. The van der Waals surface area contributed by atoms with Crippen LogP contribution in [0.4, 0.5) is 18.0 Å². The first kappa shape index (κ1) is 20.1. The lowest BCUT2D eigenvalue weighted by atomic mass is 10.0. The summed E-state index contributed by atoms with van der Waals surface area (Å²) in [6, 6.07) is 1.52. The first-order valence-corrected chi connectivity index (χ1v) is 8.53. The summed E-state index contributed by atoms with van der Waals surface area (Å²) in [5, 5.41) is 0. The summed E-state index contributed by atoms with van der Waals surface area (Å²) in [6.45, 7) is 7.36. The van der Waals surface area contributed by atoms with Crippen molar-refractivity contribution in [2.75, 3.05) is 6.54 Å². The molecule has 26 heavy (non-hydrogen) atoms. The maximum absolute atomic E-state index is 12.9. The molecule has 4 nitrogen and oxygen atoms in total. The number of amides is 1. The highest BCUT2D eigenvalue weighted by molar-refractivity contribution is 5.69. The number of aromatic nitrogens is 1. The molecular weight excluding hydrogens is 345 g/mol. The molecule has 0 bridgehead atoms. The van der Waals surface area contributed by atoms with Crippen molar-refractivity contribution in [2.24, 2.45) is 0 Å². The second-order valence-electron chi connectivity index (χ2n) is 7.33. The van der Waals surface area contributed by atoms with Crippen LogP contribution in [0.2, 0.25) is 0 Å². The van der Waals surface area contributed by atoms with Crippen LogP contribution >= 0.6 is 0 Å². The molecule has 1 aliphatic rings. The van der Waals surface area contributed by atoms with Crippen molar-refractivity contribution in [3.63, 3.8) is 0 Å². The number of aryl methyl sites for hydroxylation is 1. The van der Waals surface area contributed by atoms with Crippen molar-refractivity contribution in [3.05, 3.63) is 29.1 Å². The normalized spacial score (nSPS) is 18.1. The molecule has 1 amide bonds. The van der Waals surface area contributed by atoms with Crippen molar-refractivity contribution in [1.29, 1.82) is 0 Å². The molecule has 1 aromatic rings. The van der Waals surface area contributed by atoms with E-state index in [4.69, 9.17) is 4.74 Å². The molecular formula is C19H23F3N2O2. The Balaban J connectivity index is 2.24. The Labute approximate surface area is 151 Å². The predicted molar refractivity (Wildman–Crippen MR) is 91.4 cm³/mol. The Hall–Kier alpha value is -2.23. The lowest BCUT2D eigenvalue weighted by Gasteiger charge is -2.34. The Bertz CT molecular complexity index is 727. The molecule has 0 N–H and O–H groups in total. The maximum Gasteiger partial charge on any atom is 0.416 e. The van der Waals surface area contributed by atoms with Crippen LogP contribution in [0, 0.1) is 18.8 Å². The standard InChI is InChI=1S/C19H23F3N2O2/c1-13-11-14(19(20,21)22)12-15(23-13)8-9-16-7-5-6-10-24(16)17(25)26-18(2,3)4/h11-12,16H,5-7,10H2,1-4H3/t16-/m0/s1. The van der Waals surface area contributed by atoms with Gasteiger partial charge in [-0.3, -0.25) is 4.90 Å². The third-order valence-electron chi connectivity index (χ3n) is 3.78. The van der Waals surface area contributed by atoms with E-state index in [9.17, 15) is 18.0 Å². The van der Waals surface area contributed by atoms with E-state index in [1.165, 1.54) is 6.92 Å². The second kappa shape index (κ2) is 7.56. The molecule has 0 spiro atoms. The number of nitrogens with zero attached hydrogens (tertiary/aromatic N) is 2. The van der Waals surface area contributed by atoms with Crippen LogP contribution in [0.5, 0.6) is 0 Å². The van der Waals surface area contributed by atoms with Crippen LogP contribution in [0.15, 0.2) is 12.1 Å². The van der Waals surface area contributed by atoms with Gasteiger partial charge in [-0.2, -0.15) is 13.2 Å². The maximum atomic E-state index is 12.9. The minimum atomic E-state index is -4.45. The molecule has 2 heterocycles. The fourth-order valence-corrected chi connectivity index (χ4v) is 2.67. The van der Waals surface area contributed by atoms with E-state index >= 15 is 0 Å². The van der Waals surface area contributed by atoms with E-state index in [1.54, 1.807) is 25.7 Å². The Morgan fingerprint density at radius 1 is 1.27 bits per heavy atom. The predicted octanol–water partition coefficient (Wildman–Crippen LogP) is 4.55. The Morgan fingerprint density at radius 2 is 1.96 bits per heavy atom. The number of halogens is 3. The lowest BCUT2D eigenvalue weighted by Crippen LogP contribution is -2.45. The van der Waals surface area contributed by atoms with Gasteiger partial charge in [-0.05, 0) is 65.0 Å². The number of rotatable bonds is 0. The summed E-state index contributed by atoms with van der Waals surface area (Å²) >= 11 is 0. The van der Waals surface area contributed by atoms with Gasteiger partial charge in [0.2, 0.25) is 0 Å². The smallest absolute Gasteiger partial charge is 0.416 e. The summed E-state index contributed by atoms with van der Waals surface area (Å²) in [7, 11) is 0. The highest BCUT2D eigenvalue weighted by Crippen LogP contribution is 2.29. The summed E-state index contributed by atoms with van der Waals surface area (Å²) in [5.41, 5.74) is -1.10. The Morgan fingerprint density at radius 3 is 2.58 bits per heavy atom. The number of piperidine rings is 1. The molecule has 2 rings (SSSR count). The summed E-state index contributed by atoms with van der Waals surface area (Å²) in [6.07, 6.45) is -2.50. The van der Waals surface area contributed by atoms with Gasteiger partial charge < -0.3 is 4.74 Å². The zero-order valence-electron chi connectivity index (χ0n) is 15.4. The molecule has 1 saturated heterocycles. The third-order valence-corrected chi connectivity index (χ3v) is 3.78. The summed E-state index contributed by atoms with van der Waals surface area (Å²) < 4.78 is 44.2. The minimum absolute atomic E-state index is 0.0482. The van der Waals surface area contributed by atoms with E-state index in [2.05, 4.69) is 16.8 Å². The average Bonchev–Trinajstić information content (AvgIpc) is 2.50.